The quantitative estimate of drug-likeness (QED) is 0.898. The Hall–Kier alpha value is -0.580. The Balaban J connectivity index is 2.08. The molecule has 18 heavy (non-hydrogen) atoms. The summed E-state index contributed by atoms with van der Waals surface area (Å²) in [5, 5.41) is 19.5. The molecule has 100 valence electrons. The lowest BCUT2D eigenvalue weighted by molar-refractivity contribution is 0.0559. The standard InChI is InChI=1S/C14H20BrNO2/c1-16(10-14(18)6-2-3-7-14)12-5-4-11(9-17)13(15)8-12/h4-5,8,17-18H,2-3,6-7,9-10H2,1H3. The van der Waals surface area contributed by atoms with Crippen molar-refractivity contribution in [2.75, 3.05) is 18.5 Å². The van der Waals surface area contributed by atoms with E-state index in [1.54, 1.807) is 0 Å². The SMILES string of the molecule is CN(CC1(O)CCCC1)c1ccc(CO)c(Br)c1. The second kappa shape index (κ2) is 5.59. The first kappa shape index (κ1) is 13.8. The second-order valence-electron chi connectivity index (χ2n) is 5.22. The molecule has 1 aliphatic rings. The van der Waals surface area contributed by atoms with Crippen LogP contribution in [-0.4, -0.2) is 29.4 Å². The molecule has 0 saturated heterocycles. The molecule has 2 rings (SSSR count). The van der Waals surface area contributed by atoms with Gasteiger partial charge >= 0.3 is 0 Å². The largest absolute Gasteiger partial charge is 0.392 e. The van der Waals surface area contributed by atoms with Crippen molar-refractivity contribution >= 4 is 21.6 Å². The van der Waals surface area contributed by atoms with Gasteiger partial charge in [-0.2, -0.15) is 0 Å². The average molecular weight is 314 g/mol. The Morgan fingerprint density at radius 2 is 2.00 bits per heavy atom. The van der Waals surface area contributed by atoms with Crippen LogP contribution in [0.5, 0.6) is 0 Å². The van der Waals surface area contributed by atoms with Gasteiger partial charge in [0, 0.05) is 23.8 Å². The maximum atomic E-state index is 10.4. The number of anilines is 1. The highest BCUT2D eigenvalue weighted by atomic mass is 79.9. The van der Waals surface area contributed by atoms with Crippen LogP contribution in [0.2, 0.25) is 0 Å². The Kier molecular flexibility index (Phi) is 4.30. The lowest BCUT2D eigenvalue weighted by atomic mass is 10.0. The highest BCUT2D eigenvalue weighted by Gasteiger charge is 2.32. The van der Waals surface area contributed by atoms with Gasteiger partial charge in [0.2, 0.25) is 0 Å². The van der Waals surface area contributed by atoms with Crippen LogP contribution in [0.4, 0.5) is 5.69 Å². The van der Waals surface area contributed by atoms with Gasteiger partial charge in [0.25, 0.3) is 0 Å². The van der Waals surface area contributed by atoms with Gasteiger partial charge in [0.1, 0.15) is 0 Å². The van der Waals surface area contributed by atoms with Crippen LogP contribution < -0.4 is 4.90 Å². The summed E-state index contributed by atoms with van der Waals surface area (Å²) in [6, 6.07) is 5.88. The molecule has 0 aliphatic heterocycles. The van der Waals surface area contributed by atoms with Crippen LogP contribution in [0.15, 0.2) is 22.7 Å². The van der Waals surface area contributed by atoms with E-state index >= 15 is 0 Å². The smallest absolute Gasteiger partial charge is 0.0821 e. The number of rotatable bonds is 4. The van der Waals surface area contributed by atoms with Crippen molar-refractivity contribution in [2.45, 2.75) is 37.9 Å². The van der Waals surface area contributed by atoms with Gasteiger partial charge in [0.05, 0.1) is 12.2 Å². The molecule has 0 radical (unpaired) electrons. The molecule has 4 heteroatoms. The lowest BCUT2D eigenvalue weighted by Crippen LogP contribution is -2.39. The van der Waals surface area contributed by atoms with Crippen LogP contribution in [0.1, 0.15) is 31.2 Å². The number of benzene rings is 1. The minimum absolute atomic E-state index is 0.0362. The van der Waals surface area contributed by atoms with E-state index in [2.05, 4.69) is 20.8 Å². The number of hydrogen-bond acceptors (Lipinski definition) is 3. The predicted molar refractivity (Wildman–Crippen MR) is 76.8 cm³/mol. The fraction of sp³-hybridized carbons (Fsp3) is 0.571. The molecule has 2 N–H and O–H groups in total. The molecular formula is C14H20BrNO2. The van der Waals surface area contributed by atoms with Crippen LogP contribution in [0.25, 0.3) is 0 Å². The molecule has 0 amide bonds. The first-order valence-corrected chi connectivity index (χ1v) is 7.16. The molecule has 0 unspecified atom stereocenters. The summed E-state index contributed by atoms with van der Waals surface area (Å²) in [7, 11) is 2.00. The highest BCUT2D eigenvalue weighted by molar-refractivity contribution is 9.10. The van der Waals surface area contributed by atoms with E-state index in [1.807, 2.05) is 25.2 Å². The topological polar surface area (TPSA) is 43.7 Å². The lowest BCUT2D eigenvalue weighted by Gasteiger charge is -2.30. The van der Waals surface area contributed by atoms with Gasteiger partial charge in [-0.3, -0.25) is 0 Å². The zero-order valence-corrected chi connectivity index (χ0v) is 12.3. The Morgan fingerprint density at radius 1 is 1.33 bits per heavy atom. The molecular weight excluding hydrogens is 294 g/mol. The minimum atomic E-state index is -0.531. The van der Waals surface area contributed by atoms with Crippen molar-refractivity contribution in [1.82, 2.24) is 0 Å². The van der Waals surface area contributed by atoms with E-state index in [4.69, 9.17) is 5.11 Å². The summed E-state index contributed by atoms with van der Waals surface area (Å²) in [4.78, 5) is 2.08. The van der Waals surface area contributed by atoms with Gasteiger partial charge in [0.15, 0.2) is 0 Å². The van der Waals surface area contributed by atoms with Crippen LogP contribution >= 0.6 is 15.9 Å². The Labute approximate surface area is 117 Å². The summed E-state index contributed by atoms with van der Waals surface area (Å²) in [6.07, 6.45) is 4.04. The zero-order chi connectivity index (χ0) is 13.2. The molecule has 3 nitrogen and oxygen atoms in total. The summed E-state index contributed by atoms with van der Waals surface area (Å²) in [5.41, 5.74) is 1.41. The van der Waals surface area contributed by atoms with Gasteiger partial charge in [-0.15, -0.1) is 0 Å². The zero-order valence-electron chi connectivity index (χ0n) is 10.7. The van der Waals surface area contributed by atoms with Crippen molar-refractivity contribution < 1.29 is 10.2 Å². The number of hydrogen-bond donors (Lipinski definition) is 2. The molecule has 1 aromatic carbocycles. The molecule has 0 bridgehead atoms. The number of aliphatic hydroxyl groups excluding tert-OH is 1. The maximum absolute atomic E-state index is 10.4. The van der Waals surface area contributed by atoms with Gasteiger partial charge < -0.3 is 15.1 Å². The van der Waals surface area contributed by atoms with E-state index in [0.29, 0.717) is 6.54 Å². The number of likely N-dealkylation sites (N-methyl/N-ethyl adjacent to an activating group) is 1. The van der Waals surface area contributed by atoms with Crippen molar-refractivity contribution in [1.29, 1.82) is 0 Å². The van der Waals surface area contributed by atoms with Crippen molar-refractivity contribution in [2.24, 2.45) is 0 Å². The molecule has 1 fully saturated rings. The summed E-state index contributed by atoms with van der Waals surface area (Å²) >= 11 is 3.45. The van der Waals surface area contributed by atoms with E-state index in [-0.39, 0.29) is 6.61 Å². The van der Waals surface area contributed by atoms with E-state index in [9.17, 15) is 5.11 Å². The third-order valence-electron chi connectivity index (χ3n) is 3.71. The van der Waals surface area contributed by atoms with Gasteiger partial charge in [-0.05, 0) is 30.5 Å². The number of aliphatic hydroxyl groups is 2. The van der Waals surface area contributed by atoms with Crippen LogP contribution in [-0.2, 0) is 6.61 Å². The summed E-state index contributed by atoms with van der Waals surface area (Å²) in [5.74, 6) is 0. The third-order valence-corrected chi connectivity index (χ3v) is 4.45. The molecule has 1 aliphatic carbocycles. The molecule has 0 atom stereocenters. The second-order valence-corrected chi connectivity index (χ2v) is 6.08. The van der Waals surface area contributed by atoms with E-state index in [1.165, 1.54) is 0 Å². The molecule has 1 aromatic rings. The normalized spacial score (nSPS) is 18.0. The van der Waals surface area contributed by atoms with Crippen LogP contribution in [0.3, 0.4) is 0 Å². The molecule has 0 heterocycles. The summed E-state index contributed by atoms with van der Waals surface area (Å²) < 4.78 is 0.910. The van der Waals surface area contributed by atoms with E-state index in [0.717, 1.165) is 41.4 Å². The van der Waals surface area contributed by atoms with Crippen molar-refractivity contribution in [3.8, 4) is 0 Å². The Morgan fingerprint density at radius 3 is 2.56 bits per heavy atom. The molecule has 1 saturated carbocycles. The van der Waals surface area contributed by atoms with Gasteiger partial charge in [-0.25, -0.2) is 0 Å². The van der Waals surface area contributed by atoms with E-state index < -0.39 is 5.60 Å². The highest BCUT2D eigenvalue weighted by Crippen LogP contribution is 2.32. The van der Waals surface area contributed by atoms with Crippen molar-refractivity contribution in [3.63, 3.8) is 0 Å². The monoisotopic (exact) mass is 313 g/mol. The molecule has 0 aromatic heterocycles. The fourth-order valence-corrected chi connectivity index (χ4v) is 3.12. The number of nitrogens with zero attached hydrogens (tertiary/aromatic N) is 1. The summed E-state index contributed by atoms with van der Waals surface area (Å²) in [6.45, 7) is 0.701. The Bertz CT molecular complexity index is 416. The number of halogens is 1. The first-order chi connectivity index (χ1) is 8.54. The average Bonchev–Trinajstić information content (AvgIpc) is 2.75. The maximum Gasteiger partial charge on any atom is 0.0821 e. The van der Waals surface area contributed by atoms with Crippen LogP contribution in [0, 0.1) is 0 Å². The minimum Gasteiger partial charge on any atom is -0.392 e. The third kappa shape index (κ3) is 3.05. The fourth-order valence-electron chi connectivity index (χ4n) is 2.63. The van der Waals surface area contributed by atoms with Gasteiger partial charge in [-0.1, -0.05) is 34.8 Å². The van der Waals surface area contributed by atoms with Crippen molar-refractivity contribution in [3.05, 3.63) is 28.2 Å². The predicted octanol–water partition coefficient (Wildman–Crippen LogP) is 2.68. The molecule has 0 spiro atoms. The first-order valence-electron chi connectivity index (χ1n) is 6.37.